The first-order chi connectivity index (χ1) is 37.5. The van der Waals surface area contributed by atoms with E-state index in [9.17, 15) is 14.4 Å². The molecule has 0 fully saturated rings. The Morgan fingerprint density at radius 3 is 0.842 bits per heavy atom. The van der Waals surface area contributed by atoms with Crippen molar-refractivity contribution in [3.63, 3.8) is 0 Å². The summed E-state index contributed by atoms with van der Waals surface area (Å²) in [5, 5.41) is 0. The molecule has 0 spiro atoms. The third-order valence-corrected chi connectivity index (χ3v) is 13.5. The molecule has 0 saturated heterocycles. The van der Waals surface area contributed by atoms with Crippen molar-refractivity contribution in [3.8, 4) is 0 Å². The van der Waals surface area contributed by atoms with E-state index in [-0.39, 0.29) is 37.5 Å². The van der Waals surface area contributed by atoms with Crippen LogP contribution in [0.2, 0.25) is 0 Å². The Balaban J connectivity index is 4.39. The predicted octanol–water partition coefficient (Wildman–Crippen LogP) is 21.8. The molecule has 1 unspecified atom stereocenters. The summed E-state index contributed by atoms with van der Waals surface area (Å²) >= 11 is 0. The second-order valence-electron chi connectivity index (χ2n) is 20.9. The molecular formula is C70H118O6. The summed E-state index contributed by atoms with van der Waals surface area (Å²) in [6.07, 6.45) is 86.7. The van der Waals surface area contributed by atoms with Gasteiger partial charge in [-0.25, -0.2) is 0 Å². The predicted molar refractivity (Wildman–Crippen MR) is 330 cm³/mol. The number of hydrogen-bond acceptors (Lipinski definition) is 6. The summed E-state index contributed by atoms with van der Waals surface area (Å²) < 4.78 is 16.9. The van der Waals surface area contributed by atoms with Crippen LogP contribution in [-0.2, 0) is 28.6 Å². The van der Waals surface area contributed by atoms with Gasteiger partial charge in [-0.15, -0.1) is 0 Å². The number of carbonyl (C=O) groups is 3. The number of ether oxygens (including phenoxy) is 3. The van der Waals surface area contributed by atoms with Crippen LogP contribution in [-0.4, -0.2) is 37.2 Å². The molecule has 76 heavy (non-hydrogen) atoms. The van der Waals surface area contributed by atoms with Crippen molar-refractivity contribution >= 4 is 17.9 Å². The number of esters is 3. The van der Waals surface area contributed by atoms with Gasteiger partial charge in [0.15, 0.2) is 6.10 Å². The molecule has 0 aromatic carbocycles. The topological polar surface area (TPSA) is 78.9 Å². The number of carbonyl (C=O) groups excluding carboxylic acids is 3. The van der Waals surface area contributed by atoms with Gasteiger partial charge < -0.3 is 14.2 Å². The number of hydrogen-bond donors (Lipinski definition) is 0. The van der Waals surface area contributed by atoms with E-state index in [2.05, 4.69) is 130 Å². The summed E-state index contributed by atoms with van der Waals surface area (Å²) in [5.74, 6) is -0.951. The van der Waals surface area contributed by atoms with Gasteiger partial charge in [-0.05, 0) is 96.3 Å². The molecule has 434 valence electrons. The summed E-state index contributed by atoms with van der Waals surface area (Å²) in [7, 11) is 0. The Morgan fingerprint density at radius 1 is 0.276 bits per heavy atom. The molecule has 6 nitrogen and oxygen atoms in total. The first-order valence-electron chi connectivity index (χ1n) is 31.9. The van der Waals surface area contributed by atoms with E-state index in [1.165, 1.54) is 148 Å². The van der Waals surface area contributed by atoms with Gasteiger partial charge in [0.25, 0.3) is 0 Å². The lowest BCUT2D eigenvalue weighted by Crippen LogP contribution is -2.30. The van der Waals surface area contributed by atoms with E-state index in [1.54, 1.807) is 0 Å². The fraction of sp³-hybridized carbons (Fsp3) is 0.700. The summed E-state index contributed by atoms with van der Waals surface area (Å²) in [6, 6.07) is 0. The van der Waals surface area contributed by atoms with E-state index in [0.29, 0.717) is 19.3 Å². The summed E-state index contributed by atoms with van der Waals surface area (Å²) in [5.41, 5.74) is 0. The summed E-state index contributed by atoms with van der Waals surface area (Å²) in [6.45, 7) is 6.39. The van der Waals surface area contributed by atoms with Gasteiger partial charge in [0.05, 0.1) is 0 Å². The molecule has 1 atom stereocenters. The highest BCUT2D eigenvalue weighted by atomic mass is 16.6. The van der Waals surface area contributed by atoms with Crippen LogP contribution in [0, 0.1) is 0 Å². The van der Waals surface area contributed by atoms with E-state index >= 15 is 0 Å². The van der Waals surface area contributed by atoms with Gasteiger partial charge in [0.1, 0.15) is 13.2 Å². The fourth-order valence-electron chi connectivity index (χ4n) is 8.82. The van der Waals surface area contributed by atoms with E-state index < -0.39 is 6.10 Å². The Kier molecular flexibility index (Phi) is 60.3. The van der Waals surface area contributed by atoms with Crippen molar-refractivity contribution in [3.05, 3.63) is 109 Å². The number of allylic oxidation sites excluding steroid dienone is 18. The zero-order valence-corrected chi connectivity index (χ0v) is 49.7. The fourth-order valence-corrected chi connectivity index (χ4v) is 8.82. The normalized spacial score (nSPS) is 12.8. The highest BCUT2D eigenvalue weighted by Crippen LogP contribution is 2.16. The molecule has 0 aromatic heterocycles. The Hall–Kier alpha value is -3.93. The van der Waals surface area contributed by atoms with Gasteiger partial charge in [0.2, 0.25) is 0 Å². The lowest BCUT2D eigenvalue weighted by Gasteiger charge is -2.18. The lowest BCUT2D eigenvalue weighted by atomic mass is 10.0. The molecule has 0 aromatic rings. The van der Waals surface area contributed by atoms with Crippen LogP contribution in [0.4, 0.5) is 0 Å². The molecule has 0 aliphatic carbocycles. The second kappa shape index (κ2) is 63.6. The van der Waals surface area contributed by atoms with Crippen LogP contribution < -0.4 is 0 Å². The van der Waals surface area contributed by atoms with Crippen LogP contribution in [0.1, 0.15) is 297 Å². The standard InChI is InChI=1S/C70H118O6/c1-4-7-10-13-16-19-22-25-28-31-32-33-34-35-36-37-38-40-42-45-48-51-54-57-60-63-69(72)75-66-67(65-74-68(71)62-59-56-53-50-47-44-41-30-27-24-21-18-15-12-9-6-3)76-70(73)64-61-58-55-52-49-46-43-39-29-26-23-20-17-14-11-8-5-2/h7-8,10-11,16-17,19-20,25-26,28-29,32-33,43,46,52,55,67H,4-6,9,12-15,18,21-24,27,30-31,34-42,44-45,47-51,53-54,56-66H2,1-3H3/b10-7-,11-8-,19-16-,20-17-,28-25-,29-26-,33-32-,46-43-,55-52-. The minimum Gasteiger partial charge on any atom is -0.462 e. The smallest absolute Gasteiger partial charge is 0.306 e. The van der Waals surface area contributed by atoms with E-state index in [1.807, 2.05) is 0 Å². The highest BCUT2D eigenvalue weighted by molar-refractivity contribution is 5.71. The third kappa shape index (κ3) is 60.9. The van der Waals surface area contributed by atoms with E-state index in [0.717, 1.165) is 103 Å². The van der Waals surface area contributed by atoms with Crippen molar-refractivity contribution in [1.29, 1.82) is 0 Å². The third-order valence-electron chi connectivity index (χ3n) is 13.5. The molecule has 0 aliphatic rings. The molecule has 0 rings (SSSR count). The Bertz CT molecular complexity index is 1540. The maximum Gasteiger partial charge on any atom is 0.306 e. The largest absolute Gasteiger partial charge is 0.462 e. The highest BCUT2D eigenvalue weighted by Gasteiger charge is 2.19. The molecule has 0 saturated carbocycles. The molecule has 0 bridgehead atoms. The first kappa shape index (κ1) is 72.1. The van der Waals surface area contributed by atoms with Crippen LogP contribution in [0.5, 0.6) is 0 Å². The quantitative estimate of drug-likeness (QED) is 0.0261. The van der Waals surface area contributed by atoms with Crippen molar-refractivity contribution in [2.75, 3.05) is 13.2 Å². The average Bonchev–Trinajstić information content (AvgIpc) is 3.42. The van der Waals surface area contributed by atoms with Crippen LogP contribution in [0.3, 0.4) is 0 Å². The van der Waals surface area contributed by atoms with Gasteiger partial charge in [-0.1, -0.05) is 291 Å². The van der Waals surface area contributed by atoms with Crippen molar-refractivity contribution in [2.24, 2.45) is 0 Å². The van der Waals surface area contributed by atoms with Gasteiger partial charge in [0, 0.05) is 19.3 Å². The van der Waals surface area contributed by atoms with Gasteiger partial charge >= 0.3 is 17.9 Å². The minimum atomic E-state index is -0.809. The van der Waals surface area contributed by atoms with Gasteiger partial charge in [-0.3, -0.25) is 14.4 Å². The zero-order chi connectivity index (χ0) is 55.0. The average molecular weight is 1060 g/mol. The second-order valence-corrected chi connectivity index (χ2v) is 20.9. The lowest BCUT2D eigenvalue weighted by molar-refractivity contribution is -0.167. The molecule has 0 N–H and O–H groups in total. The SMILES string of the molecule is CC/C=C\C/C=C\C/C=C\C/C=C\C/C=C\CCCC(=O)OC(COC(=O)CCCCCCCCCCCCCC/C=C\C/C=C\C/C=C\C/C=C\CC)COC(=O)CCCCCCCCCCCCCCCCCC. The number of rotatable bonds is 57. The molecule has 6 heteroatoms. The van der Waals surface area contributed by atoms with Gasteiger partial charge in [-0.2, -0.15) is 0 Å². The van der Waals surface area contributed by atoms with Crippen LogP contribution in [0.25, 0.3) is 0 Å². The van der Waals surface area contributed by atoms with Crippen molar-refractivity contribution in [2.45, 2.75) is 303 Å². The Morgan fingerprint density at radius 2 is 0.526 bits per heavy atom. The van der Waals surface area contributed by atoms with Crippen LogP contribution in [0.15, 0.2) is 109 Å². The summed E-state index contributed by atoms with van der Waals surface area (Å²) in [4.78, 5) is 38.3. The van der Waals surface area contributed by atoms with E-state index in [4.69, 9.17) is 14.2 Å². The zero-order valence-electron chi connectivity index (χ0n) is 49.7. The number of unbranched alkanes of at least 4 members (excludes halogenated alkanes) is 28. The maximum absolute atomic E-state index is 12.9. The minimum absolute atomic E-state index is 0.0990. The molecular weight excluding hydrogens is 937 g/mol. The molecule has 0 amide bonds. The molecule has 0 aliphatic heterocycles. The van der Waals surface area contributed by atoms with Crippen molar-refractivity contribution < 1.29 is 28.6 Å². The first-order valence-corrected chi connectivity index (χ1v) is 31.9. The van der Waals surface area contributed by atoms with Crippen LogP contribution >= 0.6 is 0 Å². The Labute approximate surface area is 470 Å². The maximum atomic E-state index is 12.9. The molecule has 0 heterocycles. The van der Waals surface area contributed by atoms with Crippen molar-refractivity contribution in [1.82, 2.24) is 0 Å². The monoisotopic (exact) mass is 1050 g/mol. The molecule has 0 radical (unpaired) electrons.